The van der Waals surface area contributed by atoms with Gasteiger partial charge in [0.25, 0.3) is 0 Å². The minimum Gasteiger partial charge on any atom is -0.325 e. The van der Waals surface area contributed by atoms with Crippen LogP contribution in [0.25, 0.3) is 10.4 Å². The number of rotatable bonds is 3. The van der Waals surface area contributed by atoms with Gasteiger partial charge in [0.1, 0.15) is 0 Å². The highest BCUT2D eigenvalue weighted by molar-refractivity contribution is 7.13. The summed E-state index contributed by atoms with van der Waals surface area (Å²) < 4.78 is 0. The first-order valence-electron chi connectivity index (χ1n) is 6.79. The molecule has 0 spiro atoms. The highest BCUT2D eigenvalue weighted by Crippen LogP contribution is 2.28. The van der Waals surface area contributed by atoms with Crippen LogP contribution in [0.1, 0.15) is 18.5 Å². The number of anilines is 1. The molecule has 2 N–H and O–H groups in total. The van der Waals surface area contributed by atoms with Gasteiger partial charge in [-0.15, -0.1) is 11.3 Å². The largest absolute Gasteiger partial charge is 0.325 e. The summed E-state index contributed by atoms with van der Waals surface area (Å²) in [7, 11) is 0. The van der Waals surface area contributed by atoms with Gasteiger partial charge in [-0.3, -0.25) is 4.79 Å². The molecule has 3 rings (SSSR count). The molecule has 104 valence electrons. The van der Waals surface area contributed by atoms with Gasteiger partial charge < -0.3 is 10.6 Å². The standard InChI is InChI=1S/C15H17N3OS/c1-10-14(20-9-17-10)11-4-6-12(7-5-11)18-15(19)13-3-2-8-16-13/h4-7,9,13,16H,2-3,8H2,1H3,(H,18,19). The summed E-state index contributed by atoms with van der Waals surface area (Å²) in [5.74, 6) is 0.0595. The Morgan fingerprint density at radius 1 is 1.40 bits per heavy atom. The fraction of sp³-hybridized carbons (Fsp3) is 0.333. The summed E-state index contributed by atoms with van der Waals surface area (Å²) >= 11 is 1.63. The van der Waals surface area contributed by atoms with Crippen molar-refractivity contribution >= 4 is 22.9 Å². The van der Waals surface area contributed by atoms with Crippen LogP contribution < -0.4 is 10.6 Å². The molecule has 1 aliphatic rings. The Hall–Kier alpha value is -1.72. The minimum absolute atomic E-state index is 0.0431. The molecule has 1 aliphatic heterocycles. The minimum atomic E-state index is -0.0431. The van der Waals surface area contributed by atoms with Crippen molar-refractivity contribution in [3.63, 3.8) is 0 Å². The summed E-state index contributed by atoms with van der Waals surface area (Å²) in [5, 5.41) is 6.16. The van der Waals surface area contributed by atoms with E-state index in [1.807, 2.05) is 36.7 Å². The Morgan fingerprint density at radius 3 is 2.80 bits per heavy atom. The molecule has 0 aliphatic carbocycles. The van der Waals surface area contributed by atoms with E-state index in [0.29, 0.717) is 0 Å². The Bertz CT molecular complexity index is 600. The van der Waals surface area contributed by atoms with Crippen molar-refractivity contribution in [2.75, 3.05) is 11.9 Å². The lowest BCUT2D eigenvalue weighted by atomic mass is 10.1. The molecule has 1 unspecified atom stereocenters. The monoisotopic (exact) mass is 287 g/mol. The summed E-state index contributed by atoms with van der Waals surface area (Å²) in [4.78, 5) is 17.4. The first-order chi connectivity index (χ1) is 9.74. The molecule has 20 heavy (non-hydrogen) atoms. The van der Waals surface area contributed by atoms with Crippen LogP contribution in [0.3, 0.4) is 0 Å². The zero-order valence-corrected chi connectivity index (χ0v) is 12.2. The number of aryl methyl sites for hydroxylation is 1. The molecule has 4 nitrogen and oxygen atoms in total. The van der Waals surface area contributed by atoms with Crippen molar-refractivity contribution in [1.82, 2.24) is 10.3 Å². The molecule has 1 fully saturated rings. The molecule has 1 amide bonds. The fourth-order valence-electron chi connectivity index (χ4n) is 2.42. The van der Waals surface area contributed by atoms with Gasteiger partial charge in [0.15, 0.2) is 0 Å². The summed E-state index contributed by atoms with van der Waals surface area (Å²) in [6.45, 7) is 2.94. The maximum Gasteiger partial charge on any atom is 0.241 e. The van der Waals surface area contributed by atoms with Gasteiger partial charge in [0, 0.05) is 5.69 Å². The summed E-state index contributed by atoms with van der Waals surface area (Å²) in [6.07, 6.45) is 1.99. The van der Waals surface area contributed by atoms with Gasteiger partial charge in [-0.25, -0.2) is 4.98 Å². The van der Waals surface area contributed by atoms with Crippen molar-refractivity contribution in [3.8, 4) is 10.4 Å². The highest BCUT2D eigenvalue weighted by atomic mass is 32.1. The lowest BCUT2D eigenvalue weighted by Crippen LogP contribution is -2.35. The molecule has 5 heteroatoms. The Kier molecular flexibility index (Phi) is 3.80. The number of nitrogens with one attached hydrogen (secondary N) is 2. The topological polar surface area (TPSA) is 54.0 Å². The van der Waals surface area contributed by atoms with Crippen LogP contribution in [0.15, 0.2) is 29.8 Å². The number of nitrogens with zero attached hydrogens (tertiary/aromatic N) is 1. The third kappa shape index (κ3) is 2.73. The lowest BCUT2D eigenvalue weighted by molar-refractivity contribution is -0.117. The van der Waals surface area contributed by atoms with Gasteiger partial charge in [0.05, 0.1) is 22.1 Å². The summed E-state index contributed by atoms with van der Waals surface area (Å²) in [6, 6.07) is 7.90. The second-order valence-corrected chi connectivity index (χ2v) is 5.84. The Balaban J connectivity index is 1.70. The predicted octanol–water partition coefficient (Wildman–Crippen LogP) is 2.81. The van der Waals surface area contributed by atoms with Gasteiger partial charge in [-0.2, -0.15) is 0 Å². The molecular formula is C15H17N3OS. The average molecular weight is 287 g/mol. The molecule has 0 bridgehead atoms. The van der Waals surface area contributed by atoms with E-state index in [9.17, 15) is 4.79 Å². The third-order valence-corrected chi connectivity index (χ3v) is 4.51. The van der Waals surface area contributed by atoms with Crippen molar-refractivity contribution in [2.45, 2.75) is 25.8 Å². The molecule has 0 saturated carbocycles. The molecule has 1 aromatic carbocycles. The van der Waals surface area contributed by atoms with Gasteiger partial charge in [0.2, 0.25) is 5.91 Å². The van der Waals surface area contributed by atoms with E-state index in [1.165, 1.54) is 4.88 Å². The van der Waals surface area contributed by atoms with Crippen LogP contribution >= 0.6 is 11.3 Å². The van der Waals surface area contributed by atoms with Gasteiger partial charge >= 0.3 is 0 Å². The second-order valence-electron chi connectivity index (χ2n) is 4.98. The number of amides is 1. The van der Waals surface area contributed by atoms with E-state index < -0.39 is 0 Å². The van der Waals surface area contributed by atoms with Crippen LogP contribution in [0.5, 0.6) is 0 Å². The molecular weight excluding hydrogens is 270 g/mol. The van der Waals surface area contributed by atoms with Crippen molar-refractivity contribution in [2.24, 2.45) is 0 Å². The van der Waals surface area contributed by atoms with Crippen LogP contribution in [0, 0.1) is 6.92 Å². The normalized spacial score (nSPS) is 18.1. The molecule has 2 aromatic rings. The van der Waals surface area contributed by atoms with Crippen LogP contribution in [0.2, 0.25) is 0 Å². The van der Waals surface area contributed by atoms with E-state index in [4.69, 9.17) is 0 Å². The van der Waals surface area contributed by atoms with E-state index in [1.54, 1.807) is 11.3 Å². The van der Waals surface area contributed by atoms with E-state index in [2.05, 4.69) is 15.6 Å². The molecule has 1 saturated heterocycles. The number of carbonyl (C=O) groups excluding carboxylic acids is 1. The fourth-order valence-corrected chi connectivity index (χ4v) is 3.23. The maximum atomic E-state index is 12.0. The number of aromatic nitrogens is 1. The number of thiazole rings is 1. The van der Waals surface area contributed by atoms with Gasteiger partial charge in [-0.1, -0.05) is 12.1 Å². The van der Waals surface area contributed by atoms with Crippen molar-refractivity contribution in [1.29, 1.82) is 0 Å². The average Bonchev–Trinajstić information content (AvgIpc) is 3.11. The molecule has 1 aromatic heterocycles. The quantitative estimate of drug-likeness (QED) is 0.912. The van der Waals surface area contributed by atoms with E-state index >= 15 is 0 Å². The smallest absolute Gasteiger partial charge is 0.241 e. The predicted molar refractivity (Wildman–Crippen MR) is 81.9 cm³/mol. The summed E-state index contributed by atoms with van der Waals surface area (Å²) in [5.41, 5.74) is 4.88. The lowest BCUT2D eigenvalue weighted by Gasteiger charge is -2.11. The Labute approximate surface area is 122 Å². The van der Waals surface area contributed by atoms with Crippen molar-refractivity contribution < 1.29 is 4.79 Å². The number of benzene rings is 1. The molecule has 0 radical (unpaired) electrons. The zero-order valence-electron chi connectivity index (χ0n) is 11.3. The van der Waals surface area contributed by atoms with Crippen LogP contribution in [-0.4, -0.2) is 23.5 Å². The maximum absolute atomic E-state index is 12.0. The van der Waals surface area contributed by atoms with Crippen LogP contribution in [-0.2, 0) is 4.79 Å². The SMILES string of the molecule is Cc1ncsc1-c1ccc(NC(=O)C2CCCN2)cc1. The van der Waals surface area contributed by atoms with Crippen LogP contribution in [0.4, 0.5) is 5.69 Å². The zero-order chi connectivity index (χ0) is 13.9. The first-order valence-corrected chi connectivity index (χ1v) is 7.67. The number of hydrogen-bond acceptors (Lipinski definition) is 4. The first kappa shape index (κ1) is 13.3. The number of hydrogen-bond donors (Lipinski definition) is 2. The molecule has 1 atom stereocenters. The highest BCUT2D eigenvalue weighted by Gasteiger charge is 2.21. The van der Waals surface area contributed by atoms with Crippen molar-refractivity contribution in [3.05, 3.63) is 35.5 Å². The third-order valence-electron chi connectivity index (χ3n) is 3.54. The number of carbonyl (C=O) groups is 1. The second kappa shape index (κ2) is 5.73. The molecule has 2 heterocycles. The Morgan fingerprint density at radius 2 is 2.20 bits per heavy atom. The van der Waals surface area contributed by atoms with E-state index in [0.717, 1.165) is 36.3 Å². The van der Waals surface area contributed by atoms with E-state index in [-0.39, 0.29) is 11.9 Å². The van der Waals surface area contributed by atoms with Gasteiger partial charge in [-0.05, 0) is 44.0 Å².